The lowest BCUT2D eigenvalue weighted by Gasteiger charge is -2.65. The SMILES string of the molecule is CC1OC(O[C@H]2C[C@H](O)[C@]34C[C@]35CC[C@]3(C)C([C@H](C)CC[C@H](O)C(C)(C)OC6OC(CO)C(O)C(O)C6O)CC[C@@]3(C)C5C(O)CC4C2(C)C)C(O)C(O)C1O. The maximum atomic E-state index is 12.4. The number of hydrogen-bond acceptors (Lipinski definition) is 14. The molecule has 0 bridgehead atoms. The Kier molecular flexibility index (Phi) is 11.3. The molecule has 2 heterocycles. The second kappa shape index (κ2) is 14.5. The van der Waals surface area contributed by atoms with Crippen molar-refractivity contribution in [2.75, 3.05) is 6.61 Å². The quantitative estimate of drug-likeness (QED) is 0.139. The largest absolute Gasteiger partial charge is 0.394 e. The zero-order valence-electron chi connectivity index (χ0n) is 34.6. The highest BCUT2D eigenvalue weighted by Crippen LogP contribution is 2.89. The number of ether oxygens (including phenoxy) is 4. The van der Waals surface area contributed by atoms with E-state index in [4.69, 9.17) is 18.9 Å². The predicted octanol–water partition coefficient (Wildman–Crippen LogP) is 0.952. The molecule has 14 unspecified atom stereocenters. The Morgan fingerprint density at radius 1 is 0.768 bits per heavy atom. The fourth-order valence-electron chi connectivity index (χ4n) is 14.3. The monoisotopic (exact) mass is 800 g/mol. The lowest BCUT2D eigenvalue weighted by Crippen LogP contribution is -2.65. The molecule has 2 saturated heterocycles. The van der Waals surface area contributed by atoms with Crippen LogP contribution in [0.25, 0.3) is 0 Å². The third-order valence-corrected chi connectivity index (χ3v) is 17.9. The summed E-state index contributed by atoms with van der Waals surface area (Å²) in [5.74, 6) is 0.562. The van der Waals surface area contributed by atoms with Gasteiger partial charge in [-0.3, -0.25) is 0 Å². The van der Waals surface area contributed by atoms with E-state index < -0.39 is 103 Å². The van der Waals surface area contributed by atoms with E-state index in [2.05, 4.69) is 34.6 Å². The van der Waals surface area contributed by atoms with Gasteiger partial charge in [-0.2, -0.15) is 0 Å². The first-order valence-electron chi connectivity index (χ1n) is 21.3. The van der Waals surface area contributed by atoms with E-state index in [0.29, 0.717) is 31.6 Å². The van der Waals surface area contributed by atoms with E-state index >= 15 is 0 Å². The van der Waals surface area contributed by atoms with E-state index in [1.807, 2.05) is 0 Å². The van der Waals surface area contributed by atoms with Crippen LogP contribution in [0.15, 0.2) is 0 Å². The average Bonchev–Trinajstić information content (AvgIpc) is 3.73. The highest BCUT2D eigenvalue weighted by atomic mass is 16.7. The number of rotatable bonds is 10. The first-order valence-corrected chi connectivity index (χ1v) is 21.3. The molecule has 14 heteroatoms. The molecular formula is C42H72O14. The Hall–Kier alpha value is -0.560. The number of aliphatic hydroxyl groups is 10. The Balaban J connectivity index is 1.03. The molecule has 5 saturated carbocycles. The van der Waals surface area contributed by atoms with Crippen LogP contribution in [0.5, 0.6) is 0 Å². The molecule has 14 nitrogen and oxygen atoms in total. The summed E-state index contributed by atoms with van der Waals surface area (Å²) in [7, 11) is 0. The van der Waals surface area contributed by atoms with Gasteiger partial charge >= 0.3 is 0 Å². The van der Waals surface area contributed by atoms with E-state index in [0.717, 1.165) is 32.1 Å². The summed E-state index contributed by atoms with van der Waals surface area (Å²) in [6, 6.07) is 0. The van der Waals surface area contributed by atoms with Crippen LogP contribution in [0.1, 0.15) is 113 Å². The van der Waals surface area contributed by atoms with Crippen LogP contribution in [-0.2, 0) is 18.9 Å². The van der Waals surface area contributed by atoms with E-state index in [9.17, 15) is 51.1 Å². The Bertz CT molecular complexity index is 1430. The van der Waals surface area contributed by atoms with Gasteiger partial charge < -0.3 is 70.0 Å². The van der Waals surface area contributed by atoms with Gasteiger partial charge in [0.25, 0.3) is 0 Å². The van der Waals surface area contributed by atoms with E-state index in [-0.39, 0.29) is 39.4 Å². The fraction of sp³-hybridized carbons (Fsp3) is 1.00. The standard InChI is InChI=1S/C42H72O14/c1-19(9-10-25(45)38(5,6)56-36-33(52)31(50)29(48)23(17-43)54-36)21-11-12-40(8)34-22(44)15-24-37(3,4)27(55-35-32(51)30(49)28(47)20(2)53-35)16-26(46)42(24)18-41(34,42)14-13-39(21,40)7/h19-36,43-52H,9-18H2,1-8H3/t19-,20?,21?,22?,23?,24?,25+,26+,27+,28?,29?,30?,31?,32?,33?,34?,35?,36?,39-,40+,41+,42-/m1/s1. The molecule has 22 atom stereocenters. The minimum absolute atomic E-state index is 0.0163. The second-order valence-electron chi connectivity index (χ2n) is 21.1. The highest BCUT2D eigenvalue weighted by molar-refractivity contribution is 5.34. The molecule has 324 valence electrons. The zero-order chi connectivity index (χ0) is 41.3. The Morgan fingerprint density at radius 3 is 2.07 bits per heavy atom. The van der Waals surface area contributed by atoms with Crippen LogP contribution in [-0.4, -0.2) is 149 Å². The predicted molar refractivity (Wildman–Crippen MR) is 200 cm³/mol. The van der Waals surface area contributed by atoms with Gasteiger partial charge in [-0.25, -0.2) is 0 Å². The van der Waals surface area contributed by atoms with Crippen molar-refractivity contribution in [2.24, 2.45) is 50.7 Å². The molecule has 56 heavy (non-hydrogen) atoms. The van der Waals surface area contributed by atoms with Crippen LogP contribution in [0.3, 0.4) is 0 Å². The van der Waals surface area contributed by atoms with E-state index in [1.54, 1.807) is 20.8 Å². The Morgan fingerprint density at radius 2 is 1.41 bits per heavy atom. The number of fused-ring (bicyclic) bond motifs is 2. The third-order valence-electron chi connectivity index (χ3n) is 17.9. The van der Waals surface area contributed by atoms with Crippen molar-refractivity contribution < 1.29 is 70.0 Å². The molecule has 0 aromatic rings. The second-order valence-corrected chi connectivity index (χ2v) is 21.1. The first kappa shape index (κ1) is 43.5. The van der Waals surface area contributed by atoms with Crippen molar-refractivity contribution >= 4 is 0 Å². The third kappa shape index (κ3) is 6.16. The lowest BCUT2D eigenvalue weighted by atomic mass is 9.40. The normalized spacial score (nSPS) is 55.0. The van der Waals surface area contributed by atoms with Gasteiger partial charge in [0, 0.05) is 11.8 Å². The van der Waals surface area contributed by atoms with Crippen molar-refractivity contribution in [3.63, 3.8) is 0 Å². The van der Waals surface area contributed by atoms with Gasteiger partial charge in [0.15, 0.2) is 12.6 Å². The summed E-state index contributed by atoms with van der Waals surface area (Å²) in [4.78, 5) is 0. The molecule has 0 aromatic heterocycles. The summed E-state index contributed by atoms with van der Waals surface area (Å²) in [5, 5.41) is 108. The van der Waals surface area contributed by atoms with Gasteiger partial charge in [-0.15, -0.1) is 0 Å². The van der Waals surface area contributed by atoms with Gasteiger partial charge in [-0.05, 0) is 117 Å². The lowest BCUT2D eigenvalue weighted by molar-refractivity contribution is -0.331. The molecule has 0 radical (unpaired) electrons. The van der Waals surface area contributed by atoms with Gasteiger partial charge in [0.1, 0.15) is 42.7 Å². The number of hydrogen-bond donors (Lipinski definition) is 10. The molecule has 0 aromatic carbocycles. The summed E-state index contributed by atoms with van der Waals surface area (Å²) in [6.07, 6.45) is -9.05. The van der Waals surface area contributed by atoms with Crippen molar-refractivity contribution in [2.45, 2.75) is 205 Å². The molecule has 7 aliphatic rings. The van der Waals surface area contributed by atoms with Crippen molar-refractivity contribution in [3.8, 4) is 0 Å². The van der Waals surface area contributed by atoms with Crippen molar-refractivity contribution in [1.82, 2.24) is 0 Å². The fourth-order valence-corrected chi connectivity index (χ4v) is 14.3. The smallest absolute Gasteiger partial charge is 0.187 e. The molecule has 2 spiro atoms. The Labute approximate surface area is 331 Å². The first-order chi connectivity index (χ1) is 25.9. The average molecular weight is 801 g/mol. The minimum atomic E-state index is -1.57. The van der Waals surface area contributed by atoms with Gasteiger partial charge in [0.05, 0.1) is 42.7 Å². The van der Waals surface area contributed by atoms with Crippen LogP contribution in [0, 0.1) is 50.7 Å². The maximum absolute atomic E-state index is 12.4. The molecule has 0 amide bonds. The van der Waals surface area contributed by atoms with Crippen LogP contribution in [0.2, 0.25) is 0 Å². The zero-order valence-corrected chi connectivity index (χ0v) is 34.6. The minimum Gasteiger partial charge on any atom is -0.394 e. The van der Waals surface area contributed by atoms with Gasteiger partial charge in [-0.1, -0.05) is 34.6 Å². The molecule has 5 aliphatic carbocycles. The van der Waals surface area contributed by atoms with Crippen LogP contribution in [0.4, 0.5) is 0 Å². The molecule has 2 aliphatic heterocycles. The topological polar surface area (TPSA) is 239 Å². The molecule has 10 N–H and O–H groups in total. The number of aliphatic hydroxyl groups excluding tert-OH is 10. The van der Waals surface area contributed by atoms with Crippen molar-refractivity contribution in [1.29, 1.82) is 0 Å². The maximum Gasteiger partial charge on any atom is 0.187 e. The summed E-state index contributed by atoms with van der Waals surface area (Å²) in [6.45, 7) is 15.7. The summed E-state index contributed by atoms with van der Waals surface area (Å²) >= 11 is 0. The summed E-state index contributed by atoms with van der Waals surface area (Å²) < 4.78 is 23.8. The van der Waals surface area contributed by atoms with Crippen LogP contribution < -0.4 is 0 Å². The van der Waals surface area contributed by atoms with Gasteiger partial charge in [0.2, 0.25) is 0 Å². The molecular weight excluding hydrogens is 728 g/mol. The van der Waals surface area contributed by atoms with E-state index in [1.165, 1.54) is 0 Å². The van der Waals surface area contributed by atoms with Crippen molar-refractivity contribution in [3.05, 3.63) is 0 Å². The van der Waals surface area contributed by atoms with Crippen LogP contribution >= 0.6 is 0 Å². The highest BCUT2D eigenvalue weighted by Gasteiger charge is 2.86. The molecule has 7 fully saturated rings. The summed E-state index contributed by atoms with van der Waals surface area (Å²) in [5.41, 5.74) is -2.48. The molecule has 7 rings (SSSR count).